The highest BCUT2D eigenvalue weighted by molar-refractivity contribution is 7.92. The minimum atomic E-state index is -4.78. The molecule has 0 saturated carbocycles. The van der Waals surface area contributed by atoms with Crippen molar-refractivity contribution < 1.29 is 40.6 Å². The third-order valence-electron chi connectivity index (χ3n) is 6.17. The molecule has 0 amide bonds. The van der Waals surface area contributed by atoms with E-state index in [-0.39, 0.29) is 52.0 Å². The molecule has 0 radical (unpaired) electrons. The molecule has 1 heterocycles. The molecule has 13 heteroatoms. The minimum Gasteiger partial charge on any atom is -0.486 e. The number of fused-ring (bicyclic) bond motifs is 1. The van der Waals surface area contributed by atoms with Gasteiger partial charge in [0.1, 0.15) is 17.7 Å². The van der Waals surface area contributed by atoms with Crippen molar-refractivity contribution in [3.63, 3.8) is 0 Å². The lowest BCUT2D eigenvalue weighted by atomic mass is 10.0. The number of anilines is 1. The smallest absolute Gasteiger partial charge is 0.416 e. The maximum absolute atomic E-state index is 14.5. The van der Waals surface area contributed by atoms with E-state index in [0.29, 0.717) is 11.6 Å². The molecule has 0 spiro atoms. The number of allylic oxidation sites excluding steroid dienone is 1. The number of benzene rings is 3. The Kier molecular flexibility index (Phi) is 8.39. The molecule has 6 nitrogen and oxygen atoms in total. The number of hydrogen-bond acceptors (Lipinski definition) is 4. The first-order valence-electron chi connectivity index (χ1n) is 11.7. The van der Waals surface area contributed by atoms with Gasteiger partial charge < -0.3 is 9.84 Å². The van der Waals surface area contributed by atoms with Gasteiger partial charge in [-0.05, 0) is 67.0 Å². The fourth-order valence-corrected chi connectivity index (χ4v) is 6.33. The normalized spacial score (nSPS) is 15.9. The topological polar surface area (TPSA) is 83.9 Å². The number of ether oxygens (including phenoxy) is 1. The van der Waals surface area contributed by atoms with Gasteiger partial charge in [-0.25, -0.2) is 12.8 Å². The van der Waals surface area contributed by atoms with Crippen LogP contribution in [0.5, 0.6) is 5.75 Å². The van der Waals surface area contributed by atoms with Gasteiger partial charge in [-0.3, -0.25) is 9.10 Å². The molecule has 1 unspecified atom stereocenters. The van der Waals surface area contributed by atoms with E-state index < -0.39 is 44.5 Å². The number of carbonyl (C=O) groups is 1. The molecule has 1 aliphatic heterocycles. The summed E-state index contributed by atoms with van der Waals surface area (Å²) >= 11 is 12.6. The molecule has 1 atom stereocenters. The zero-order chi connectivity index (χ0) is 29.4. The minimum absolute atomic E-state index is 0.0130. The van der Waals surface area contributed by atoms with Crippen LogP contribution in [0.3, 0.4) is 0 Å². The molecule has 0 aliphatic carbocycles. The Bertz CT molecular complexity index is 1590. The maximum Gasteiger partial charge on any atom is 0.416 e. The summed E-state index contributed by atoms with van der Waals surface area (Å²) in [6.45, 7) is 1.21. The lowest BCUT2D eigenvalue weighted by Crippen LogP contribution is -2.43. The first-order valence-corrected chi connectivity index (χ1v) is 13.9. The quantitative estimate of drug-likeness (QED) is 0.219. The summed E-state index contributed by atoms with van der Waals surface area (Å²) in [7, 11) is -4.59. The SMILES string of the molecule is CC(=Cc1cc2c(cc1Cl)OC(CCC(=O)O)CN2S(=O)(=O)c1cccc(C(F)(F)F)c1)c1c(F)cccc1Cl. The molecule has 0 fully saturated rings. The maximum atomic E-state index is 14.5. The molecule has 40 heavy (non-hydrogen) atoms. The van der Waals surface area contributed by atoms with Gasteiger partial charge in [-0.1, -0.05) is 35.3 Å². The number of nitrogens with zero attached hydrogens (tertiary/aromatic N) is 1. The molecule has 3 aromatic rings. The fourth-order valence-electron chi connectivity index (χ4n) is 4.26. The number of carboxylic acid groups (broad SMARTS) is 1. The Balaban J connectivity index is 1.84. The van der Waals surface area contributed by atoms with E-state index in [0.717, 1.165) is 22.5 Å². The van der Waals surface area contributed by atoms with Gasteiger partial charge >= 0.3 is 12.1 Å². The number of hydrogen-bond donors (Lipinski definition) is 1. The third-order valence-corrected chi connectivity index (χ3v) is 8.59. The van der Waals surface area contributed by atoms with Crippen LogP contribution in [-0.4, -0.2) is 32.1 Å². The van der Waals surface area contributed by atoms with E-state index in [1.165, 1.54) is 36.4 Å². The first kappa shape index (κ1) is 29.7. The van der Waals surface area contributed by atoms with Crippen molar-refractivity contribution in [2.75, 3.05) is 10.8 Å². The van der Waals surface area contributed by atoms with Crippen LogP contribution in [0.25, 0.3) is 11.6 Å². The van der Waals surface area contributed by atoms with Crippen molar-refractivity contribution in [3.05, 3.63) is 87.2 Å². The molecular formula is C27H21Cl2F4NO5S. The van der Waals surface area contributed by atoms with E-state index >= 15 is 0 Å². The van der Waals surface area contributed by atoms with Crippen LogP contribution in [0.2, 0.25) is 10.0 Å². The van der Waals surface area contributed by atoms with Gasteiger partial charge in [0.15, 0.2) is 0 Å². The number of sulfonamides is 1. The van der Waals surface area contributed by atoms with E-state index in [1.54, 1.807) is 6.92 Å². The molecule has 0 saturated heterocycles. The Labute approximate surface area is 237 Å². The lowest BCUT2D eigenvalue weighted by Gasteiger charge is -2.36. The second-order valence-corrected chi connectivity index (χ2v) is 11.7. The van der Waals surface area contributed by atoms with Crippen LogP contribution >= 0.6 is 23.2 Å². The Morgan fingerprint density at radius 2 is 1.82 bits per heavy atom. The van der Waals surface area contributed by atoms with Gasteiger partial charge in [0.05, 0.1) is 32.7 Å². The zero-order valence-corrected chi connectivity index (χ0v) is 23.0. The summed E-state index contributed by atoms with van der Waals surface area (Å²) in [4.78, 5) is 10.5. The van der Waals surface area contributed by atoms with Crippen molar-refractivity contribution in [2.45, 2.75) is 36.9 Å². The van der Waals surface area contributed by atoms with Crippen LogP contribution in [0, 0.1) is 5.82 Å². The number of carboxylic acids is 1. The predicted molar refractivity (Wildman–Crippen MR) is 144 cm³/mol. The van der Waals surface area contributed by atoms with Gasteiger partial charge in [0.2, 0.25) is 0 Å². The van der Waals surface area contributed by atoms with Gasteiger partial charge in [0.25, 0.3) is 10.0 Å². The second kappa shape index (κ2) is 11.3. The number of halogens is 6. The van der Waals surface area contributed by atoms with E-state index in [9.17, 15) is 30.8 Å². The Hall–Kier alpha value is -3.28. The molecule has 1 aliphatic rings. The highest BCUT2D eigenvalue weighted by Crippen LogP contribution is 2.43. The fraction of sp³-hybridized carbons (Fsp3) is 0.222. The van der Waals surface area contributed by atoms with Crippen molar-refractivity contribution in [2.24, 2.45) is 0 Å². The summed E-state index contributed by atoms with van der Waals surface area (Å²) in [6, 6.07) is 10.1. The summed E-state index contributed by atoms with van der Waals surface area (Å²) in [5, 5.41) is 9.33. The third kappa shape index (κ3) is 6.21. The molecule has 0 bridgehead atoms. The van der Waals surface area contributed by atoms with Gasteiger partial charge in [-0.2, -0.15) is 13.2 Å². The second-order valence-electron chi connectivity index (χ2n) is 9.00. The van der Waals surface area contributed by atoms with Crippen LogP contribution in [0.4, 0.5) is 23.2 Å². The molecule has 4 rings (SSSR count). The van der Waals surface area contributed by atoms with Crippen LogP contribution in [0.15, 0.2) is 59.5 Å². The summed E-state index contributed by atoms with van der Waals surface area (Å²) in [5.41, 5.74) is -0.451. The molecule has 212 valence electrons. The van der Waals surface area contributed by atoms with Crippen LogP contribution in [0.1, 0.15) is 36.5 Å². The molecule has 0 aromatic heterocycles. The monoisotopic (exact) mass is 617 g/mol. The van der Waals surface area contributed by atoms with Crippen molar-refractivity contribution >= 4 is 56.5 Å². The zero-order valence-electron chi connectivity index (χ0n) is 20.7. The largest absolute Gasteiger partial charge is 0.486 e. The number of aliphatic carboxylic acids is 1. The summed E-state index contributed by atoms with van der Waals surface area (Å²) < 4.78 is 88.7. The van der Waals surface area contributed by atoms with Gasteiger partial charge in [0, 0.05) is 18.1 Å². The molecule has 3 aromatic carbocycles. The predicted octanol–water partition coefficient (Wildman–Crippen LogP) is 7.53. The van der Waals surface area contributed by atoms with Crippen molar-refractivity contribution in [1.29, 1.82) is 0 Å². The number of alkyl halides is 3. The van der Waals surface area contributed by atoms with Crippen LogP contribution in [-0.2, 0) is 21.0 Å². The summed E-state index contributed by atoms with van der Waals surface area (Å²) in [5.74, 6) is -1.74. The van der Waals surface area contributed by atoms with Crippen molar-refractivity contribution in [1.82, 2.24) is 0 Å². The van der Waals surface area contributed by atoms with Crippen molar-refractivity contribution in [3.8, 4) is 5.75 Å². The van der Waals surface area contributed by atoms with Crippen LogP contribution < -0.4 is 9.04 Å². The van der Waals surface area contributed by atoms with E-state index in [4.69, 9.17) is 33.0 Å². The summed E-state index contributed by atoms with van der Waals surface area (Å²) in [6.07, 6.45) is -4.64. The average molecular weight is 618 g/mol. The lowest BCUT2D eigenvalue weighted by molar-refractivity contribution is -0.138. The van der Waals surface area contributed by atoms with E-state index in [2.05, 4.69) is 0 Å². The van der Waals surface area contributed by atoms with Gasteiger partial charge in [-0.15, -0.1) is 0 Å². The Morgan fingerprint density at radius 3 is 2.48 bits per heavy atom. The highest BCUT2D eigenvalue weighted by atomic mass is 35.5. The first-order chi connectivity index (χ1) is 18.7. The number of rotatable bonds is 7. The standard InChI is InChI=1S/C27H21Cl2F4NO5S/c1-15(26-20(28)6-3-7-22(26)30)10-16-11-23-24(13-21(16)29)39-18(8-9-25(35)36)14-34(23)40(37,38)19-5-2-4-17(12-19)27(31,32)33/h2-7,10-13,18H,8-9,14H2,1H3,(H,35,36). The average Bonchev–Trinajstić information content (AvgIpc) is 2.87. The molecule has 1 N–H and O–H groups in total. The highest BCUT2D eigenvalue weighted by Gasteiger charge is 2.37. The van der Waals surface area contributed by atoms with E-state index in [1.807, 2.05) is 0 Å². The Morgan fingerprint density at radius 1 is 1.12 bits per heavy atom. The molecular weight excluding hydrogens is 597 g/mol.